The van der Waals surface area contributed by atoms with Crippen LogP contribution in [0.4, 0.5) is 0 Å². The van der Waals surface area contributed by atoms with E-state index in [9.17, 15) is 4.79 Å². The zero-order valence-electron chi connectivity index (χ0n) is 13.6. The molecule has 0 radical (unpaired) electrons. The first-order valence-corrected chi connectivity index (χ1v) is 7.53. The number of unbranched alkanes of at least 4 members (excludes halogenated alkanes) is 1. The summed E-state index contributed by atoms with van der Waals surface area (Å²) in [4.78, 5) is 10.4. The second-order valence-corrected chi connectivity index (χ2v) is 6.41. The minimum Gasteiger partial charge on any atom is -0.375 e. The van der Waals surface area contributed by atoms with Crippen LogP contribution in [0.5, 0.6) is 0 Å². The van der Waals surface area contributed by atoms with Gasteiger partial charge in [0.25, 0.3) is 0 Å². The van der Waals surface area contributed by atoms with Crippen molar-refractivity contribution < 1.29 is 14.3 Å². The minimum atomic E-state index is -0.113. The van der Waals surface area contributed by atoms with E-state index in [0.29, 0.717) is 12.3 Å². The van der Waals surface area contributed by atoms with E-state index in [4.69, 9.17) is 9.47 Å². The van der Waals surface area contributed by atoms with Gasteiger partial charge in [-0.25, -0.2) is 0 Å². The first kappa shape index (κ1) is 18.6. The molecule has 0 aliphatic rings. The highest BCUT2D eigenvalue weighted by Gasteiger charge is 2.24. The molecule has 2 unspecified atom stereocenters. The van der Waals surface area contributed by atoms with Crippen molar-refractivity contribution in [2.45, 2.75) is 85.0 Å². The fraction of sp³-hybridized carbons (Fsp3) is 0.938. The molecule has 0 aromatic rings. The molecule has 19 heavy (non-hydrogen) atoms. The zero-order valence-corrected chi connectivity index (χ0v) is 13.6. The number of carbonyl (C=O) groups is 1. The van der Waals surface area contributed by atoms with Crippen LogP contribution in [0.2, 0.25) is 0 Å². The van der Waals surface area contributed by atoms with Crippen LogP contribution in [-0.4, -0.2) is 30.7 Å². The maximum absolute atomic E-state index is 10.4. The second kappa shape index (κ2) is 9.49. The molecule has 2 atom stereocenters. The highest BCUT2D eigenvalue weighted by molar-refractivity contribution is 5.48. The third-order valence-electron chi connectivity index (χ3n) is 3.04. The number of carbonyl (C=O) groups excluding carboxylic acids is 1. The number of hydrogen-bond acceptors (Lipinski definition) is 3. The summed E-state index contributed by atoms with van der Waals surface area (Å²) < 4.78 is 11.9. The third-order valence-corrected chi connectivity index (χ3v) is 3.04. The molecule has 114 valence electrons. The number of hydrogen-bond donors (Lipinski definition) is 0. The Balaban J connectivity index is 4.43. The summed E-state index contributed by atoms with van der Waals surface area (Å²) >= 11 is 0. The van der Waals surface area contributed by atoms with Gasteiger partial charge in [0.1, 0.15) is 6.29 Å². The van der Waals surface area contributed by atoms with Gasteiger partial charge in [-0.15, -0.1) is 0 Å². The van der Waals surface area contributed by atoms with Gasteiger partial charge < -0.3 is 14.3 Å². The summed E-state index contributed by atoms with van der Waals surface area (Å²) in [7, 11) is 0. The molecule has 0 saturated heterocycles. The van der Waals surface area contributed by atoms with Crippen molar-refractivity contribution in [1.29, 1.82) is 0 Å². The van der Waals surface area contributed by atoms with Crippen LogP contribution < -0.4 is 0 Å². The first-order chi connectivity index (χ1) is 8.80. The molecule has 3 heteroatoms. The molecule has 0 fully saturated rings. The molecule has 0 saturated carbocycles. The molecule has 3 nitrogen and oxygen atoms in total. The summed E-state index contributed by atoms with van der Waals surface area (Å²) in [6.07, 6.45) is 4.87. The lowest BCUT2D eigenvalue weighted by atomic mass is 9.95. The highest BCUT2D eigenvalue weighted by atomic mass is 16.5. The van der Waals surface area contributed by atoms with E-state index in [1.54, 1.807) is 0 Å². The smallest absolute Gasteiger partial charge is 0.119 e. The van der Waals surface area contributed by atoms with E-state index >= 15 is 0 Å². The quantitative estimate of drug-likeness (QED) is 0.445. The molecule has 0 spiro atoms. The van der Waals surface area contributed by atoms with Crippen molar-refractivity contribution in [1.82, 2.24) is 0 Å². The van der Waals surface area contributed by atoms with Crippen LogP contribution in [0.3, 0.4) is 0 Å². The average Bonchev–Trinajstić information content (AvgIpc) is 2.27. The molecule has 0 aromatic carbocycles. The van der Waals surface area contributed by atoms with Gasteiger partial charge in [0.05, 0.1) is 24.4 Å². The SMILES string of the molecule is CCC(COC(C)(C)C)C(CCCC=O)OC(C)C. The third kappa shape index (κ3) is 10.1. The molecule has 0 rings (SSSR count). The van der Waals surface area contributed by atoms with E-state index in [1.807, 2.05) is 0 Å². The average molecular weight is 272 g/mol. The lowest BCUT2D eigenvalue weighted by molar-refractivity contribution is -0.108. The Morgan fingerprint density at radius 3 is 2.26 bits per heavy atom. The van der Waals surface area contributed by atoms with E-state index in [-0.39, 0.29) is 17.8 Å². The summed E-state index contributed by atoms with van der Waals surface area (Å²) in [6, 6.07) is 0. The Kier molecular flexibility index (Phi) is 9.28. The lowest BCUT2D eigenvalue weighted by Crippen LogP contribution is -2.33. The lowest BCUT2D eigenvalue weighted by Gasteiger charge is -2.31. The van der Waals surface area contributed by atoms with Crippen molar-refractivity contribution in [3.63, 3.8) is 0 Å². The normalized spacial score (nSPS) is 15.5. The van der Waals surface area contributed by atoms with E-state index in [0.717, 1.165) is 32.2 Å². The maximum atomic E-state index is 10.4. The van der Waals surface area contributed by atoms with Crippen molar-refractivity contribution in [3.8, 4) is 0 Å². The van der Waals surface area contributed by atoms with Crippen molar-refractivity contribution in [2.24, 2.45) is 5.92 Å². The van der Waals surface area contributed by atoms with Gasteiger partial charge in [-0.05, 0) is 53.9 Å². The Morgan fingerprint density at radius 1 is 1.21 bits per heavy atom. The van der Waals surface area contributed by atoms with Crippen LogP contribution >= 0.6 is 0 Å². The molecule has 0 aliphatic carbocycles. The number of aldehydes is 1. The van der Waals surface area contributed by atoms with Crippen molar-refractivity contribution >= 4 is 6.29 Å². The Labute approximate surface area is 119 Å². The van der Waals surface area contributed by atoms with Crippen LogP contribution in [0, 0.1) is 5.92 Å². The Bertz CT molecular complexity index is 231. The predicted molar refractivity (Wildman–Crippen MR) is 79.4 cm³/mol. The summed E-state index contributed by atoms with van der Waals surface area (Å²) in [5.74, 6) is 0.397. The van der Waals surface area contributed by atoms with Gasteiger partial charge in [0.2, 0.25) is 0 Å². The van der Waals surface area contributed by atoms with Crippen molar-refractivity contribution in [2.75, 3.05) is 6.61 Å². The molecule has 0 bridgehead atoms. The van der Waals surface area contributed by atoms with Gasteiger partial charge >= 0.3 is 0 Å². The predicted octanol–water partition coefficient (Wildman–Crippen LogP) is 3.99. The first-order valence-electron chi connectivity index (χ1n) is 7.53. The zero-order chi connectivity index (χ0) is 14.9. The molecule has 0 amide bonds. The van der Waals surface area contributed by atoms with Crippen LogP contribution in [0.1, 0.15) is 67.2 Å². The van der Waals surface area contributed by atoms with Gasteiger partial charge in [0.15, 0.2) is 0 Å². The molecular weight excluding hydrogens is 240 g/mol. The van der Waals surface area contributed by atoms with E-state index in [1.165, 1.54) is 0 Å². The molecular formula is C16H32O3. The van der Waals surface area contributed by atoms with Gasteiger partial charge in [0, 0.05) is 12.3 Å². The Morgan fingerprint density at radius 2 is 1.84 bits per heavy atom. The summed E-state index contributed by atoms with van der Waals surface area (Å²) in [5, 5.41) is 0. The van der Waals surface area contributed by atoms with Gasteiger partial charge in [-0.3, -0.25) is 0 Å². The van der Waals surface area contributed by atoms with E-state index in [2.05, 4.69) is 41.5 Å². The van der Waals surface area contributed by atoms with Gasteiger partial charge in [-0.2, -0.15) is 0 Å². The number of ether oxygens (including phenoxy) is 2. The molecule has 0 N–H and O–H groups in total. The monoisotopic (exact) mass is 272 g/mol. The minimum absolute atomic E-state index is 0.113. The highest BCUT2D eigenvalue weighted by Crippen LogP contribution is 2.22. The molecule has 0 heterocycles. The Hall–Kier alpha value is -0.410. The topological polar surface area (TPSA) is 35.5 Å². The van der Waals surface area contributed by atoms with E-state index < -0.39 is 0 Å². The van der Waals surface area contributed by atoms with Crippen LogP contribution in [0.15, 0.2) is 0 Å². The van der Waals surface area contributed by atoms with Crippen molar-refractivity contribution in [3.05, 3.63) is 0 Å². The molecule has 0 aromatic heterocycles. The maximum Gasteiger partial charge on any atom is 0.119 e. The van der Waals surface area contributed by atoms with Gasteiger partial charge in [-0.1, -0.05) is 6.92 Å². The second-order valence-electron chi connectivity index (χ2n) is 6.41. The largest absolute Gasteiger partial charge is 0.375 e. The van der Waals surface area contributed by atoms with Crippen LogP contribution in [-0.2, 0) is 14.3 Å². The summed E-state index contributed by atoms with van der Waals surface area (Å²) in [6.45, 7) is 13.2. The fourth-order valence-electron chi connectivity index (χ4n) is 2.01. The summed E-state index contributed by atoms with van der Waals surface area (Å²) in [5.41, 5.74) is -0.113. The van der Waals surface area contributed by atoms with Crippen LogP contribution in [0.25, 0.3) is 0 Å². The molecule has 0 aliphatic heterocycles. The fourth-order valence-corrected chi connectivity index (χ4v) is 2.01. The standard InChI is InChI=1S/C16H32O3/c1-7-14(12-18-16(4,5)6)15(19-13(2)3)10-8-9-11-17/h11,13-15H,7-10,12H2,1-6H3. The number of rotatable bonds is 10.